The maximum absolute atomic E-state index is 6.07. The van der Waals surface area contributed by atoms with Crippen molar-refractivity contribution in [1.29, 1.82) is 0 Å². The average Bonchev–Trinajstić information content (AvgIpc) is 2.67. The molecule has 0 aliphatic carbocycles. The van der Waals surface area contributed by atoms with Gasteiger partial charge in [0.25, 0.3) is 0 Å². The molecule has 0 amide bonds. The zero-order valence-corrected chi connectivity index (χ0v) is 13.8. The lowest BCUT2D eigenvalue weighted by atomic mass is 9.90. The second kappa shape index (κ2) is 5.99. The monoisotopic (exact) mass is 308 g/mol. The molecule has 1 atom stereocenters. The minimum absolute atomic E-state index is 0.301. The molecule has 0 spiro atoms. The molecular weight excluding hydrogens is 284 g/mol. The summed E-state index contributed by atoms with van der Waals surface area (Å²) in [5.74, 6) is 1.02. The summed E-state index contributed by atoms with van der Waals surface area (Å²) in [5, 5.41) is 3.64. The second-order valence-corrected chi connectivity index (χ2v) is 6.90. The van der Waals surface area contributed by atoms with Crippen LogP contribution in [0.2, 0.25) is 0 Å². The van der Waals surface area contributed by atoms with Gasteiger partial charge in [0.15, 0.2) is 0 Å². The molecule has 4 rings (SSSR count). The van der Waals surface area contributed by atoms with E-state index in [-0.39, 0.29) is 0 Å². The minimum atomic E-state index is 0.301. The fourth-order valence-electron chi connectivity index (χ4n) is 3.79. The Morgan fingerprint density at radius 3 is 2.48 bits per heavy atom. The number of hydrogen-bond donors (Lipinski definition) is 1. The number of hydrogen-bond acceptors (Lipinski definition) is 3. The van der Waals surface area contributed by atoms with Gasteiger partial charge in [-0.05, 0) is 17.2 Å². The summed E-state index contributed by atoms with van der Waals surface area (Å²) in [7, 11) is 0. The summed E-state index contributed by atoms with van der Waals surface area (Å²) in [6.45, 7) is 7.27. The quantitative estimate of drug-likeness (QED) is 0.941. The standard InChI is InChI=1S/C20H24N2O/c1-14(2)21-16-11-22(12-16)20-17-8-4-3-7-15(17)13-23-19-10-6-5-9-18(19)20/h3-10,14,16,20-21H,11-13H2,1-2H3. The number of nitrogens with one attached hydrogen (secondary N) is 1. The van der Waals surface area contributed by atoms with E-state index in [0.717, 1.165) is 18.8 Å². The predicted octanol–water partition coefficient (Wildman–Crippen LogP) is 3.35. The van der Waals surface area contributed by atoms with Gasteiger partial charge in [-0.25, -0.2) is 0 Å². The summed E-state index contributed by atoms with van der Waals surface area (Å²) in [4.78, 5) is 2.56. The Kier molecular flexibility index (Phi) is 3.83. The molecule has 0 aromatic heterocycles. The molecule has 0 saturated carbocycles. The number of nitrogens with zero attached hydrogens (tertiary/aromatic N) is 1. The smallest absolute Gasteiger partial charge is 0.124 e. The van der Waals surface area contributed by atoms with E-state index in [0.29, 0.717) is 24.7 Å². The topological polar surface area (TPSA) is 24.5 Å². The van der Waals surface area contributed by atoms with Crippen LogP contribution in [-0.4, -0.2) is 30.1 Å². The molecule has 2 aliphatic heterocycles. The molecule has 2 heterocycles. The molecule has 1 N–H and O–H groups in total. The third kappa shape index (κ3) is 2.75. The number of para-hydroxylation sites is 1. The van der Waals surface area contributed by atoms with Gasteiger partial charge in [0.1, 0.15) is 12.4 Å². The number of fused-ring (bicyclic) bond motifs is 2. The van der Waals surface area contributed by atoms with Gasteiger partial charge < -0.3 is 10.1 Å². The highest BCUT2D eigenvalue weighted by Crippen LogP contribution is 2.41. The summed E-state index contributed by atoms with van der Waals surface area (Å²) >= 11 is 0. The summed E-state index contributed by atoms with van der Waals surface area (Å²) in [6, 6.07) is 18.6. The van der Waals surface area contributed by atoms with Gasteiger partial charge in [0.05, 0.1) is 6.04 Å². The van der Waals surface area contributed by atoms with Crippen LogP contribution in [0.5, 0.6) is 5.75 Å². The van der Waals surface area contributed by atoms with E-state index in [1.54, 1.807) is 0 Å². The van der Waals surface area contributed by atoms with Crippen molar-refractivity contribution in [3.8, 4) is 5.75 Å². The first-order valence-electron chi connectivity index (χ1n) is 8.52. The Balaban J connectivity index is 1.68. The second-order valence-electron chi connectivity index (χ2n) is 6.90. The maximum Gasteiger partial charge on any atom is 0.124 e. The molecule has 1 unspecified atom stereocenters. The van der Waals surface area contributed by atoms with E-state index in [1.165, 1.54) is 16.7 Å². The van der Waals surface area contributed by atoms with E-state index in [2.05, 4.69) is 72.6 Å². The van der Waals surface area contributed by atoms with Gasteiger partial charge in [0, 0.05) is 30.7 Å². The van der Waals surface area contributed by atoms with Crippen LogP contribution in [0.1, 0.15) is 36.6 Å². The maximum atomic E-state index is 6.07. The molecule has 3 nitrogen and oxygen atoms in total. The molecule has 2 aromatic carbocycles. The van der Waals surface area contributed by atoms with Crippen molar-refractivity contribution in [2.75, 3.05) is 13.1 Å². The molecule has 1 fully saturated rings. The molecule has 2 aliphatic rings. The van der Waals surface area contributed by atoms with Gasteiger partial charge in [-0.1, -0.05) is 56.3 Å². The van der Waals surface area contributed by atoms with Crippen LogP contribution in [0.15, 0.2) is 48.5 Å². The van der Waals surface area contributed by atoms with Crippen molar-refractivity contribution >= 4 is 0 Å². The summed E-state index contributed by atoms with van der Waals surface area (Å²) in [6.07, 6.45) is 0. The lowest BCUT2D eigenvalue weighted by Crippen LogP contribution is -2.60. The van der Waals surface area contributed by atoms with E-state index in [1.807, 2.05) is 0 Å². The molecule has 23 heavy (non-hydrogen) atoms. The van der Waals surface area contributed by atoms with Crippen LogP contribution in [0.4, 0.5) is 0 Å². The SMILES string of the molecule is CC(C)NC1CN(C2c3ccccc3COc3ccccc32)C1. The van der Waals surface area contributed by atoms with Crippen LogP contribution in [0, 0.1) is 0 Å². The Hall–Kier alpha value is -1.84. The van der Waals surface area contributed by atoms with Crippen molar-refractivity contribution in [1.82, 2.24) is 10.2 Å². The number of benzene rings is 2. The van der Waals surface area contributed by atoms with Crippen molar-refractivity contribution in [3.05, 3.63) is 65.2 Å². The Morgan fingerprint density at radius 2 is 1.70 bits per heavy atom. The third-order valence-corrected chi connectivity index (χ3v) is 4.79. The van der Waals surface area contributed by atoms with Crippen LogP contribution in [0.25, 0.3) is 0 Å². The highest BCUT2D eigenvalue weighted by atomic mass is 16.5. The lowest BCUT2D eigenvalue weighted by Gasteiger charge is -2.45. The normalized spacial score (nSPS) is 21.1. The first-order valence-corrected chi connectivity index (χ1v) is 8.52. The number of ether oxygens (including phenoxy) is 1. The molecular formula is C20H24N2O. The minimum Gasteiger partial charge on any atom is -0.489 e. The van der Waals surface area contributed by atoms with Gasteiger partial charge in [-0.3, -0.25) is 4.90 Å². The largest absolute Gasteiger partial charge is 0.489 e. The van der Waals surface area contributed by atoms with E-state index >= 15 is 0 Å². The predicted molar refractivity (Wildman–Crippen MR) is 92.7 cm³/mol. The van der Waals surface area contributed by atoms with Crippen LogP contribution in [-0.2, 0) is 6.61 Å². The van der Waals surface area contributed by atoms with Crippen LogP contribution >= 0.6 is 0 Å². The van der Waals surface area contributed by atoms with Gasteiger partial charge >= 0.3 is 0 Å². The molecule has 3 heteroatoms. The fourth-order valence-corrected chi connectivity index (χ4v) is 3.79. The first kappa shape index (κ1) is 14.7. The van der Waals surface area contributed by atoms with Crippen molar-refractivity contribution in [2.24, 2.45) is 0 Å². The lowest BCUT2D eigenvalue weighted by molar-refractivity contribution is 0.0883. The van der Waals surface area contributed by atoms with E-state index < -0.39 is 0 Å². The molecule has 0 bridgehead atoms. The van der Waals surface area contributed by atoms with Crippen molar-refractivity contribution in [3.63, 3.8) is 0 Å². The number of likely N-dealkylation sites (tertiary alicyclic amines) is 1. The van der Waals surface area contributed by atoms with Gasteiger partial charge in [-0.15, -0.1) is 0 Å². The van der Waals surface area contributed by atoms with E-state index in [9.17, 15) is 0 Å². The highest BCUT2D eigenvalue weighted by molar-refractivity contribution is 5.46. The Morgan fingerprint density at radius 1 is 1.00 bits per heavy atom. The first-order chi connectivity index (χ1) is 11.2. The van der Waals surface area contributed by atoms with Gasteiger partial charge in [0.2, 0.25) is 0 Å². The molecule has 1 saturated heterocycles. The number of rotatable bonds is 3. The Bertz CT molecular complexity index is 644. The molecule has 2 aromatic rings. The molecule has 0 radical (unpaired) electrons. The van der Waals surface area contributed by atoms with Crippen molar-refractivity contribution in [2.45, 2.75) is 38.6 Å². The van der Waals surface area contributed by atoms with Crippen LogP contribution in [0.3, 0.4) is 0 Å². The zero-order chi connectivity index (χ0) is 15.8. The van der Waals surface area contributed by atoms with Gasteiger partial charge in [-0.2, -0.15) is 0 Å². The fraction of sp³-hybridized carbons (Fsp3) is 0.400. The van der Waals surface area contributed by atoms with Crippen molar-refractivity contribution < 1.29 is 4.74 Å². The van der Waals surface area contributed by atoms with Crippen LogP contribution < -0.4 is 10.1 Å². The Labute approximate surface area is 138 Å². The summed E-state index contributed by atoms with van der Waals surface area (Å²) < 4.78 is 6.07. The highest BCUT2D eigenvalue weighted by Gasteiger charge is 2.37. The van der Waals surface area contributed by atoms with E-state index in [4.69, 9.17) is 4.74 Å². The summed E-state index contributed by atoms with van der Waals surface area (Å²) in [5.41, 5.74) is 3.98. The average molecular weight is 308 g/mol. The zero-order valence-electron chi connectivity index (χ0n) is 13.8. The molecule has 120 valence electrons. The third-order valence-electron chi connectivity index (χ3n) is 4.79.